The Hall–Kier alpha value is -3.35. The molecule has 0 aliphatic carbocycles. The van der Waals surface area contributed by atoms with Gasteiger partial charge in [0, 0.05) is 19.2 Å². The average Bonchev–Trinajstić information content (AvgIpc) is 3.21. The molecule has 1 heterocycles. The Morgan fingerprint density at radius 2 is 1.73 bits per heavy atom. The summed E-state index contributed by atoms with van der Waals surface area (Å²) in [6.45, 7) is 2.58. The van der Waals surface area contributed by atoms with Crippen LogP contribution in [0.3, 0.4) is 0 Å². The molecule has 0 unspecified atom stereocenters. The van der Waals surface area contributed by atoms with E-state index in [0.29, 0.717) is 22.1 Å². The van der Waals surface area contributed by atoms with Gasteiger partial charge in [-0.15, -0.1) is 0 Å². The van der Waals surface area contributed by atoms with Crippen molar-refractivity contribution in [3.8, 4) is 27.3 Å². The quantitative estimate of drug-likeness (QED) is 0.301. The van der Waals surface area contributed by atoms with Crippen LogP contribution in [0.15, 0.2) is 72.8 Å². The van der Waals surface area contributed by atoms with Crippen LogP contribution in [-0.4, -0.2) is 29.7 Å². The first-order chi connectivity index (χ1) is 16.0. The van der Waals surface area contributed by atoms with Crippen molar-refractivity contribution in [3.63, 3.8) is 0 Å². The minimum atomic E-state index is -0.603. The highest BCUT2D eigenvalue weighted by Gasteiger charge is 2.25. The zero-order valence-electron chi connectivity index (χ0n) is 18.3. The summed E-state index contributed by atoms with van der Waals surface area (Å²) in [5.74, 6) is -0.762. The Balaban J connectivity index is 1.79. The normalized spacial score (nSPS) is 10.8. The Morgan fingerprint density at radius 3 is 2.39 bits per heavy atom. The maximum Gasteiger partial charge on any atom is 0.342 e. The molecule has 0 spiro atoms. The molecule has 0 saturated carbocycles. The molecule has 4 rings (SSSR count). The SMILES string of the molecule is CCOC(=O)c1c(O)cc(-c2ccccc2)cc1-c1sc(N(C)Cc2ccccc2)nc1Cl. The third-order valence-electron chi connectivity index (χ3n) is 5.11. The van der Waals surface area contributed by atoms with Crippen LogP contribution in [0.4, 0.5) is 5.13 Å². The highest BCUT2D eigenvalue weighted by atomic mass is 35.5. The molecule has 1 N–H and O–H groups in total. The number of hydrogen-bond donors (Lipinski definition) is 1. The molecule has 0 aliphatic heterocycles. The number of anilines is 1. The van der Waals surface area contributed by atoms with E-state index in [2.05, 4.69) is 4.98 Å². The molecular weight excluding hydrogens is 456 g/mol. The molecule has 3 aromatic carbocycles. The molecule has 0 fully saturated rings. The molecule has 0 saturated heterocycles. The van der Waals surface area contributed by atoms with E-state index in [0.717, 1.165) is 16.7 Å². The third kappa shape index (κ3) is 5.02. The van der Waals surface area contributed by atoms with Crippen LogP contribution in [0, 0.1) is 0 Å². The van der Waals surface area contributed by atoms with Gasteiger partial charge in [-0.1, -0.05) is 83.6 Å². The lowest BCUT2D eigenvalue weighted by molar-refractivity contribution is 0.0524. The number of carbonyl (C=O) groups excluding carboxylic acids is 1. The van der Waals surface area contributed by atoms with Crippen LogP contribution in [-0.2, 0) is 11.3 Å². The van der Waals surface area contributed by atoms with Gasteiger partial charge >= 0.3 is 5.97 Å². The molecule has 7 heteroatoms. The van der Waals surface area contributed by atoms with Gasteiger partial charge in [-0.05, 0) is 35.7 Å². The summed E-state index contributed by atoms with van der Waals surface area (Å²) in [6, 6.07) is 23.1. The fourth-order valence-corrected chi connectivity index (χ4v) is 4.85. The predicted molar refractivity (Wildman–Crippen MR) is 134 cm³/mol. The summed E-state index contributed by atoms with van der Waals surface area (Å²) in [5.41, 5.74) is 3.39. The summed E-state index contributed by atoms with van der Waals surface area (Å²) in [4.78, 5) is 19.9. The average molecular weight is 479 g/mol. The summed E-state index contributed by atoms with van der Waals surface area (Å²) in [7, 11) is 1.94. The lowest BCUT2D eigenvalue weighted by atomic mass is 9.97. The van der Waals surface area contributed by atoms with Gasteiger partial charge in [-0.25, -0.2) is 9.78 Å². The number of aromatic nitrogens is 1. The van der Waals surface area contributed by atoms with Gasteiger partial charge in [0.25, 0.3) is 0 Å². The fraction of sp³-hybridized carbons (Fsp3) is 0.154. The van der Waals surface area contributed by atoms with Crippen molar-refractivity contribution in [1.29, 1.82) is 0 Å². The molecule has 0 aliphatic rings. The number of phenolic OH excluding ortho intramolecular Hbond substituents is 1. The van der Waals surface area contributed by atoms with E-state index in [4.69, 9.17) is 16.3 Å². The number of carbonyl (C=O) groups is 1. The zero-order valence-corrected chi connectivity index (χ0v) is 19.9. The van der Waals surface area contributed by atoms with Crippen molar-refractivity contribution in [2.24, 2.45) is 0 Å². The number of ether oxygens (including phenoxy) is 1. The Labute approximate surface area is 201 Å². The number of esters is 1. The largest absolute Gasteiger partial charge is 0.507 e. The number of rotatable bonds is 7. The smallest absolute Gasteiger partial charge is 0.342 e. The van der Waals surface area contributed by atoms with Crippen molar-refractivity contribution in [2.45, 2.75) is 13.5 Å². The van der Waals surface area contributed by atoms with Crippen LogP contribution in [0.2, 0.25) is 5.15 Å². The summed E-state index contributed by atoms with van der Waals surface area (Å²) in [5, 5.41) is 11.8. The van der Waals surface area contributed by atoms with Gasteiger partial charge in [0.05, 0.1) is 11.5 Å². The molecular formula is C26H23ClN2O3S. The van der Waals surface area contributed by atoms with E-state index in [-0.39, 0.29) is 23.1 Å². The van der Waals surface area contributed by atoms with Crippen LogP contribution in [0.1, 0.15) is 22.8 Å². The molecule has 0 atom stereocenters. The molecule has 33 heavy (non-hydrogen) atoms. The summed E-state index contributed by atoms with van der Waals surface area (Å²) in [6.07, 6.45) is 0. The van der Waals surface area contributed by atoms with Gasteiger partial charge in [-0.3, -0.25) is 0 Å². The zero-order chi connectivity index (χ0) is 23.4. The Bertz CT molecular complexity index is 1260. The second-order valence-corrected chi connectivity index (χ2v) is 8.80. The number of halogens is 1. The maximum atomic E-state index is 12.7. The topological polar surface area (TPSA) is 62.7 Å². The molecule has 4 aromatic rings. The lowest BCUT2D eigenvalue weighted by Gasteiger charge is -2.15. The van der Waals surface area contributed by atoms with Gasteiger partial charge in [-0.2, -0.15) is 0 Å². The lowest BCUT2D eigenvalue weighted by Crippen LogP contribution is -2.15. The standard InChI is InChI=1S/C26H23ClN2O3S/c1-3-32-25(31)22-20(14-19(15-21(22)30)18-12-8-5-9-13-18)23-24(27)28-26(33-23)29(2)16-17-10-6-4-7-11-17/h4-15,30H,3,16H2,1-2H3. The first-order valence-electron chi connectivity index (χ1n) is 10.5. The number of benzene rings is 3. The highest BCUT2D eigenvalue weighted by molar-refractivity contribution is 7.19. The minimum absolute atomic E-state index is 0.0827. The van der Waals surface area contributed by atoms with Crippen molar-refractivity contribution >= 4 is 34.0 Å². The second-order valence-electron chi connectivity index (χ2n) is 7.46. The Morgan fingerprint density at radius 1 is 1.06 bits per heavy atom. The van der Waals surface area contributed by atoms with Crippen molar-refractivity contribution in [3.05, 3.63) is 89.1 Å². The molecule has 168 valence electrons. The van der Waals surface area contributed by atoms with E-state index in [1.165, 1.54) is 11.3 Å². The van der Waals surface area contributed by atoms with Gasteiger partial charge in [0.2, 0.25) is 0 Å². The van der Waals surface area contributed by atoms with E-state index in [1.54, 1.807) is 13.0 Å². The molecule has 0 radical (unpaired) electrons. The predicted octanol–water partition coefficient (Wildman–Crippen LogP) is 6.65. The third-order valence-corrected chi connectivity index (χ3v) is 6.70. The van der Waals surface area contributed by atoms with Crippen molar-refractivity contribution in [1.82, 2.24) is 4.98 Å². The highest BCUT2D eigenvalue weighted by Crippen LogP contribution is 2.43. The van der Waals surface area contributed by atoms with Crippen LogP contribution < -0.4 is 4.90 Å². The van der Waals surface area contributed by atoms with E-state index >= 15 is 0 Å². The Kier molecular flexibility index (Phi) is 6.96. The van der Waals surface area contributed by atoms with Crippen molar-refractivity contribution in [2.75, 3.05) is 18.6 Å². The number of hydrogen-bond acceptors (Lipinski definition) is 6. The van der Waals surface area contributed by atoms with E-state index in [1.807, 2.05) is 78.7 Å². The van der Waals surface area contributed by atoms with Crippen LogP contribution >= 0.6 is 22.9 Å². The van der Waals surface area contributed by atoms with Gasteiger partial charge in [0.15, 0.2) is 5.13 Å². The van der Waals surface area contributed by atoms with Crippen LogP contribution in [0.5, 0.6) is 5.75 Å². The van der Waals surface area contributed by atoms with Crippen LogP contribution in [0.25, 0.3) is 21.6 Å². The second kappa shape index (κ2) is 10.1. The number of nitrogens with zero attached hydrogens (tertiary/aromatic N) is 2. The fourth-order valence-electron chi connectivity index (χ4n) is 3.57. The van der Waals surface area contributed by atoms with E-state index in [9.17, 15) is 9.90 Å². The van der Waals surface area contributed by atoms with Gasteiger partial charge < -0.3 is 14.7 Å². The first-order valence-corrected chi connectivity index (χ1v) is 11.7. The molecule has 1 aromatic heterocycles. The summed E-state index contributed by atoms with van der Waals surface area (Å²) >= 11 is 7.94. The maximum absolute atomic E-state index is 12.7. The number of phenols is 1. The molecule has 5 nitrogen and oxygen atoms in total. The van der Waals surface area contributed by atoms with E-state index < -0.39 is 5.97 Å². The van der Waals surface area contributed by atoms with Crippen molar-refractivity contribution < 1.29 is 14.6 Å². The summed E-state index contributed by atoms with van der Waals surface area (Å²) < 4.78 is 5.22. The molecule has 0 bridgehead atoms. The van der Waals surface area contributed by atoms with Gasteiger partial charge in [0.1, 0.15) is 16.5 Å². The first kappa shape index (κ1) is 22.8. The number of thiazole rings is 1. The minimum Gasteiger partial charge on any atom is -0.507 e. The molecule has 0 amide bonds. The number of aromatic hydroxyl groups is 1. The monoisotopic (exact) mass is 478 g/mol.